The average molecular weight is 401 g/mol. The molecule has 0 bridgehead atoms. The molecule has 6 nitrogen and oxygen atoms in total. The van der Waals surface area contributed by atoms with Gasteiger partial charge in [-0.1, -0.05) is 60.2 Å². The van der Waals surface area contributed by atoms with Gasteiger partial charge in [0, 0.05) is 20.6 Å². The lowest BCUT2D eigenvalue weighted by Gasteiger charge is -2.27. The second-order valence-electron chi connectivity index (χ2n) is 7.84. The molecule has 0 spiro atoms. The summed E-state index contributed by atoms with van der Waals surface area (Å²) in [6.45, 7) is 3.19. The van der Waals surface area contributed by atoms with E-state index in [2.05, 4.69) is 4.57 Å². The average Bonchev–Trinajstić information content (AvgIpc) is 3.13. The third-order valence-corrected chi connectivity index (χ3v) is 5.98. The van der Waals surface area contributed by atoms with Gasteiger partial charge in [-0.25, -0.2) is 4.79 Å². The van der Waals surface area contributed by atoms with Crippen LogP contribution in [-0.2, 0) is 25.4 Å². The molecule has 1 atom stereocenters. The first-order valence-electron chi connectivity index (χ1n) is 10.0. The Balaban J connectivity index is 1.96. The normalized spacial score (nSPS) is 16.0. The van der Waals surface area contributed by atoms with Crippen LogP contribution in [0.4, 0.5) is 0 Å². The lowest BCUT2D eigenvalue weighted by atomic mass is 10.0. The largest absolute Gasteiger partial charge is 0.365 e. The minimum Gasteiger partial charge on any atom is -0.365 e. The zero-order valence-electron chi connectivity index (χ0n) is 17.3. The van der Waals surface area contributed by atoms with E-state index in [1.165, 1.54) is 11.6 Å². The van der Waals surface area contributed by atoms with Crippen LogP contribution in [0.5, 0.6) is 0 Å². The molecule has 4 aromatic rings. The summed E-state index contributed by atoms with van der Waals surface area (Å²) < 4.78 is 11.1. The van der Waals surface area contributed by atoms with Crippen molar-refractivity contribution in [3.63, 3.8) is 0 Å². The summed E-state index contributed by atoms with van der Waals surface area (Å²) in [5, 5.41) is 0.560. The molecule has 5 rings (SSSR count). The van der Waals surface area contributed by atoms with Crippen LogP contribution in [0.25, 0.3) is 22.2 Å². The van der Waals surface area contributed by atoms with E-state index < -0.39 is 0 Å². The first kappa shape index (κ1) is 18.6. The molecule has 2 aromatic heterocycles. The maximum absolute atomic E-state index is 13.3. The molecular weight excluding hydrogens is 378 g/mol. The fourth-order valence-electron chi connectivity index (χ4n) is 4.47. The van der Waals surface area contributed by atoms with Gasteiger partial charge in [-0.15, -0.1) is 0 Å². The second kappa shape index (κ2) is 6.85. The Morgan fingerprint density at radius 1 is 0.933 bits per heavy atom. The second-order valence-corrected chi connectivity index (χ2v) is 7.84. The molecule has 0 saturated carbocycles. The highest BCUT2D eigenvalue weighted by atomic mass is 16.5. The highest BCUT2D eigenvalue weighted by molar-refractivity contribution is 5.96. The van der Waals surface area contributed by atoms with Gasteiger partial charge >= 0.3 is 5.69 Å². The van der Waals surface area contributed by atoms with Gasteiger partial charge in [0.05, 0.1) is 28.9 Å². The number of benzene rings is 2. The van der Waals surface area contributed by atoms with E-state index in [1.807, 2.05) is 61.5 Å². The van der Waals surface area contributed by atoms with Crippen molar-refractivity contribution in [3.05, 3.63) is 92.3 Å². The van der Waals surface area contributed by atoms with Crippen molar-refractivity contribution in [2.75, 3.05) is 6.61 Å². The Morgan fingerprint density at radius 3 is 2.33 bits per heavy atom. The van der Waals surface area contributed by atoms with Gasteiger partial charge in [0.1, 0.15) is 6.10 Å². The summed E-state index contributed by atoms with van der Waals surface area (Å²) in [6, 6.07) is 18.1. The Labute approximate surface area is 173 Å². The lowest BCUT2D eigenvalue weighted by Crippen LogP contribution is -2.37. The quantitative estimate of drug-likeness (QED) is 0.519. The summed E-state index contributed by atoms with van der Waals surface area (Å²) in [5.41, 5.74) is 4.84. The minimum atomic E-state index is -0.348. The van der Waals surface area contributed by atoms with E-state index in [1.54, 1.807) is 11.6 Å². The fraction of sp³-hybridized carbons (Fsp3) is 0.250. The highest BCUT2D eigenvalue weighted by Gasteiger charge is 2.32. The first-order chi connectivity index (χ1) is 14.5. The molecule has 2 aromatic carbocycles. The number of rotatable bonds is 2. The van der Waals surface area contributed by atoms with Crippen molar-refractivity contribution in [1.82, 2.24) is 13.7 Å². The van der Waals surface area contributed by atoms with E-state index >= 15 is 0 Å². The number of hydrogen-bond donors (Lipinski definition) is 0. The van der Waals surface area contributed by atoms with E-state index in [0.29, 0.717) is 24.1 Å². The van der Waals surface area contributed by atoms with Gasteiger partial charge in [-0.05, 0) is 18.1 Å². The molecule has 3 heterocycles. The van der Waals surface area contributed by atoms with Crippen molar-refractivity contribution < 1.29 is 4.74 Å². The van der Waals surface area contributed by atoms with Gasteiger partial charge in [0.25, 0.3) is 5.56 Å². The smallest absolute Gasteiger partial charge is 0.331 e. The monoisotopic (exact) mass is 401 g/mol. The maximum atomic E-state index is 13.3. The zero-order valence-corrected chi connectivity index (χ0v) is 17.3. The standard InChI is InChI=1S/C24H23N3O3/c1-15-9-11-16(12-10-15)19-18-20(25(2)24(29)26(3)23(18)28)21-22(30-14-13-27(19)21)17-7-5-4-6-8-17/h4-12,22H,13-14H2,1-3H3. The van der Waals surface area contributed by atoms with Crippen molar-refractivity contribution in [1.29, 1.82) is 0 Å². The van der Waals surface area contributed by atoms with Crippen LogP contribution < -0.4 is 11.2 Å². The van der Waals surface area contributed by atoms with E-state index in [9.17, 15) is 9.59 Å². The Hall–Kier alpha value is -3.38. The molecule has 1 unspecified atom stereocenters. The molecule has 0 saturated heterocycles. The number of ether oxygens (including phenoxy) is 1. The molecule has 0 radical (unpaired) electrons. The summed E-state index contributed by atoms with van der Waals surface area (Å²) >= 11 is 0. The lowest BCUT2D eigenvalue weighted by molar-refractivity contribution is 0.0478. The van der Waals surface area contributed by atoms with Crippen LogP contribution in [-0.4, -0.2) is 20.3 Å². The molecule has 1 aliphatic rings. The molecule has 0 fully saturated rings. The highest BCUT2D eigenvalue weighted by Crippen LogP contribution is 2.40. The Morgan fingerprint density at radius 2 is 1.63 bits per heavy atom. The third kappa shape index (κ3) is 2.60. The fourth-order valence-corrected chi connectivity index (χ4v) is 4.47. The Kier molecular flexibility index (Phi) is 4.25. The van der Waals surface area contributed by atoms with Crippen LogP contribution in [0.1, 0.15) is 22.9 Å². The summed E-state index contributed by atoms with van der Waals surface area (Å²) in [6.07, 6.45) is -0.348. The number of aromatic nitrogens is 3. The maximum Gasteiger partial charge on any atom is 0.331 e. The number of aryl methyl sites for hydroxylation is 2. The molecule has 30 heavy (non-hydrogen) atoms. The first-order valence-corrected chi connectivity index (χ1v) is 10.0. The van der Waals surface area contributed by atoms with E-state index in [4.69, 9.17) is 4.74 Å². The SMILES string of the molecule is Cc1ccc(-c2c3c(=O)n(C)c(=O)n(C)c3c3n2CCOC3c2ccccc2)cc1. The number of fused-ring (bicyclic) bond motifs is 3. The summed E-state index contributed by atoms with van der Waals surface area (Å²) in [4.78, 5) is 26.1. The number of hydrogen-bond acceptors (Lipinski definition) is 3. The van der Waals surface area contributed by atoms with Crippen molar-refractivity contribution in [2.24, 2.45) is 14.1 Å². The van der Waals surface area contributed by atoms with Crippen molar-refractivity contribution in [2.45, 2.75) is 19.6 Å². The van der Waals surface area contributed by atoms with E-state index in [0.717, 1.165) is 28.1 Å². The summed E-state index contributed by atoms with van der Waals surface area (Å²) in [5.74, 6) is 0. The van der Waals surface area contributed by atoms with Gasteiger partial charge in [0.2, 0.25) is 0 Å². The molecule has 6 heteroatoms. The van der Waals surface area contributed by atoms with Crippen LogP contribution in [0.2, 0.25) is 0 Å². The van der Waals surface area contributed by atoms with E-state index in [-0.39, 0.29) is 17.4 Å². The Bertz CT molecular complexity index is 1380. The van der Waals surface area contributed by atoms with Crippen LogP contribution in [0.3, 0.4) is 0 Å². The zero-order chi connectivity index (χ0) is 21.0. The predicted octanol–water partition coefficient (Wildman–Crippen LogP) is 3.13. The van der Waals surface area contributed by atoms with Gasteiger partial charge < -0.3 is 9.30 Å². The van der Waals surface area contributed by atoms with Crippen molar-refractivity contribution in [3.8, 4) is 11.3 Å². The summed E-state index contributed by atoms with van der Waals surface area (Å²) in [7, 11) is 3.26. The molecule has 0 amide bonds. The molecule has 0 aliphatic carbocycles. The van der Waals surface area contributed by atoms with Crippen LogP contribution in [0.15, 0.2) is 64.2 Å². The number of nitrogens with zero attached hydrogens (tertiary/aromatic N) is 3. The van der Waals surface area contributed by atoms with Gasteiger partial charge in [0.15, 0.2) is 0 Å². The molecule has 0 N–H and O–H groups in total. The van der Waals surface area contributed by atoms with Crippen LogP contribution >= 0.6 is 0 Å². The van der Waals surface area contributed by atoms with Gasteiger partial charge in [-0.3, -0.25) is 13.9 Å². The third-order valence-electron chi connectivity index (χ3n) is 5.98. The topological polar surface area (TPSA) is 58.2 Å². The molecule has 1 aliphatic heterocycles. The predicted molar refractivity (Wildman–Crippen MR) is 117 cm³/mol. The molecule has 152 valence electrons. The molecular formula is C24H23N3O3. The van der Waals surface area contributed by atoms with Gasteiger partial charge in [-0.2, -0.15) is 0 Å². The minimum absolute atomic E-state index is 0.280. The van der Waals surface area contributed by atoms with Crippen molar-refractivity contribution >= 4 is 10.9 Å². The van der Waals surface area contributed by atoms with Crippen LogP contribution in [0, 0.1) is 6.92 Å².